The van der Waals surface area contributed by atoms with Crippen molar-refractivity contribution in [2.45, 2.75) is 6.92 Å². The summed E-state index contributed by atoms with van der Waals surface area (Å²) in [4.78, 5) is 23.5. The molecule has 0 aliphatic heterocycles. The summed E-state index contributed by atoms with van der Waals surface area (Å²) in [5.41, 5.74) is 2.12. The smallest absolute Gasteiger partial charge is 0.373 e. The molecule has 0 aliphatic carbocycles. The zero-order chi connectivity index (χ0) is 19.5. The molecule has 4 aromatic rings. The first kappa shape index (κ1) is 17.3. The van der Waals surface area contributed by atoms with Crippen molar-refractivity contribution >= 4 is 28.1 Å². The SMILES string of the molecule is Cc1ccc(Oc2ncnc(Nc3cccc4ncccc34)c2[N+](=O)[O-])cc1. The average Bonchev–Trinajstić information content (AvgIpc) is 2.70. The first-order chi connectivity index (χ1) is 13.6. The molecule has 2 heterocycles. The van der Waals surface area contributed by atoms with Crippen LogP contribution in [0.2, 0.25) is 0 Å². The third kappa shape index (κ3) is 3.43. The summed E-state index contributed by atoms with van der Waals surface area (Å²) in [6.07, 6.45) is 2.91. The van der Waals surface area contributed by atoms with Gasteiger partial charge in [-0.25, -0.2) is 4.98 Å². The third-order valence-electron chi connectivity index (χ3n) is 4.11. The number of nitro groups is 1. The van der Waals surface area contributed by atoms with Gasteiger partial charge in [-0.3, -0.25) is 15.1 Å². The lowest BCUT2D eigenvalue weighted by Gasteiger charge is -2.11. The van der Waals surface area contributed by atoms with Gasteiger partial charge in [0.05, 0.1) is 10.4 Å². The maximum absolute atomic E-state index is 11.7. The van der Waals surface area contributed by atoms with Crippen molar-refractivity contribution in [1.29, 1.82) is 0 Å². The molecule has 0 radical (unpaired) electrons. The Kier molecular flexibility index (Phi) is 4.51. The van der Waals surface area contributed by atoms with E-state index >= 15 is 0 Å². The minimum Gasteiger partial charge on any atom is -0.434 e. The van der Waals surface area contributed by atoms with Crippen molar-refractivity contribution in [2.24, 2.45) is 0 Å². The number of nitrogens with zero attached hydrogens (tertiary/aromatic N) is 4. The number of benzene rings is 2. The number of aromatic nitrogens is 3. The van der Waals surface area contributed by atoms with Gasteiger partial charge in [0.25, 0.3) is 0 Å². The largest absolute Gasteiger partial charge is 0.434 e. The molecule has 1 N–H and O–H groups in total. The predicted octanol–water partition coefficient (Wildman–Crippen LogP) is 4.78. The highest BCUT2D eigenvalue weighted by Crippen LogP contribution is 2.36. The van der Waals surface area contributed by atoms with Crippen LogP contribution in [0.4, 0.5) is 17.2 Å². The van der Waals surface area contributed by atoms with E-state index in [1.807, 2.05) is 37.3 Å². The maximum Gasteiger partial charge on any atom is 0.373 e. The van der Waals surface area contributed by atoms with Gasteiger partial charge >= 0.3 is 11.6 Å². The van der Waals surface area contributed by atoms with E-state index in [2.05, 4.69) is 20.3 Å². The van der Waals surface area contributed by atoms with Gasteiger partial charge < -0.3 is 10.1 Å². The first-order valence-electron chi connectivity index (χ1n) is 8.46. The fourth-order valence-corrected chi connectivity index (χ4v) is 2.75. The Morgan fingerprint density at radius 1 is 1.00 bits per heavy atom. The van der Waals surface area contributed by atoms with Gasteiger partial charge in [-0.05, 0) is 43.3 Å². The molecule has 0 fully saturated rings. The van der Waals surface area contributed by atoms with Crippen LogP contribution < -0.4 is 10.1 Å². The van der Waals surface area contributed by atoms with Crippen LogP contribution in [0.3, 0.4) is 0 Å². The minimum atomic E-state index is -0.560. The van der Waals surface area contributed by atoms with E-state index in [-0.39, 0.29) is 17.4 Å². The van der Waals surface area contributed by atoms with Crippen LogP contribution in [0.15, 0.2) is 67.1 Å². The monoisotopic (exact) mass is 373 g/mol. The van der Waals surface area contributed by atoms with Gasteiger partial charge in [-0.2, -0.15) is 4.98 Å². The molecule has 0 atom stereocenters. The molecular weight excluding hydrogens is 358 g/mol. The van der Waals surface area contributed by atoms with E-state index in [0.717, 1.165) is 16.5 Å². The lowest BCUT2D eigenvalue weighted by molar-refractivity contribution is -0.385. The Morgan fingerprint density at radius 3 is 2.61 bits per heavy atom. The molecule has 8 nitrogen and oxygen atoms in total. The molecule has 0 bridgehead atoms. The van der Waals surface area contributed by atoms with E-state index in [4.69, 9.17) is 4.74 Å². The number of ether oxygens (including phenoxy) is 1. The quantitative estimate of drug-likeness (QED) is 0.397. The fourth-order valence-electron chi connectivity index (χ4n) is 2.75. The van der Waals surface area contributed by atoms with E-state index in [9.17, 15) is 10.1 Å². The van der Waals surface area contributed by atoms with Crippen molar-refractivity contribution < 1.29 is 9.66 Å². The Labute approximate surface area is 160 Å². The molecule has 138 valence electrons. The van der Waals surface area contributed by atoms with Crippen LogP contribution in [0.25, 0.3) is 10.9 Å². The molecule has 0 amide bonds. The first-order valence-corrected chi connectivity index (χ1v) is 8.46. The lowest BCUT2D eigenvalue weighted by Crippen LogP contribution is -2.04. The fraction of sp³-hybridized carbons (Fsp3) is 0.0500. The van der Waals surface area contributed by atoms with E-state index in [1.165, 1.54) is 6.33 Å². The van der Waals surface area contributed by atoms with E-state index < -0.39 is 4.92 Å². The topological polar surface area (TPSA) is 103 Å². The Morgan fingerprint density at radius 2 is 1.82 bits per heavy atom. The second-order valence-electron chi connectivity index (χ2n) is 6.05. The van der Waals surface area contributed by atoms with E-state index in [0.29, 0.717) is 11.4 Å². The molecule has 28 heavy (non-hydrogen) atoms. The zero-order valence-electron chi connectivity index (χ0n) is 14.9. The molecule has 2 aromatic heterocycles. The summed E-state index contributed by atoms with van der Waals surface area (Å²) in [6, 6.07) is 16.3. The summed E-state index contributed by atoms with van der Waals surface area (Å²) >= 11 is 0. The van der Waals surface area contributed by atoms with Crippen molar-refractivity contribution in [3.63, 3.8) is 0 Å². The van der Waals surface area contributed by atoms with Crippen LogP contribution in [0, 0.1) is 17.0 Å². The summed E-state index contributed by atoms with van der Waals surface area (Å²) in [5, 5.41) is 15.6. The number of pyridine rings is 1. The number of hydrogen-bond donors (Lipinski definition) is 1. The van der Waals surface area contributed by atoms with Crippen molar-refractivity contribution in [1.82, 2.24) is 15.0 Å². The van der Waals surface area contributed by atoms with E-state index in [1.54, 1.807) is 30.5 Å². The highest BCUT2D eigenvalue weighted by molar-refractivity contribution is 5.93. The lowest BCUT2D eigenvalue weighted by atomic mass is 10.2. The number of hydrogen-bond acceptors (Lipinski definition) is 7. The molecular formula is C20H15N5O3. The molecule has 0 aliphatic rings. The van der Waals surface area contributed by atoms with Gasteiger partial charge in [-0.15, -0.1) is 0 Å². The summed E-state index contributed by atoms with van der Waals surface area (Å²) in [5.74, 6) is 0.357. The number of anilines is 2. The van der Waals surface area contributed by atoms with Crippen molar-refractivity contribution in [3.8, 4) is 11.6 Å². The van der Waals surface area contributed by atoms with Crippen molar-refractivity contribution in [3.05, 3.63) is 82.8 Å². The zero-order valence-corrected chi connectivity index (χ0v) is 14.9. The number of rotatable bonds is 5. The Hall–Kier alpha value is -4.07. The number of aryl methyl sites for hydroxylation is 1. The molecule has 2 aromatic carbocycles. The molecule has 0 saturated carbocycles. The molecule has 4 rings (SSSR count). The van der Waals surface area contributed by atoms with Gasteiger partial charge in [0.15, 0.2) is 0 Å². The average molecular weight is 373 g/mol. The van der Waals surface area contributed by atoms with Crippen LogP contribution >= 0.6 is 0 Å². The van der Waals surface area contributed by atoms with Crippen molar-refractivity contribution in [2.75, 3.05) is 5.32 Å². The van der Waals surface area contributed by atoms with Gasteiger partial charge in [0, 0.05) is 17.3 Å². The van der Waals surface area contributed by atoms with Crippen LogP contribution in [0.1, 0.15) is 5.56 Å². The van der Waals surface area contributed by atoms with Crippen LogP contribution in [-0.2, 0) is 0 Å². The molecule has 0 saturated heterocycles. The second kappa shape index (κ2) is 7.28. The van der Waals surface area contributed by atoms with Crippen LogP contribution in [-0.4, -0.2) is 19.9 Å². The molecule has 0 spiro atoms. The normalized spacial score (nSPS) is 10.6. The number of nitrogens with one attached hydrogen (secondary N) is 1. The molecule has 8 heteroatoms. The van der Waals surface area contributed by atoms with Gasteiger partial charge in [-0.1, -0.05) is 23.8 Å². The third-order valence-corrected chi connectivity index (χ3v) is 4.11. The summed E-state index contributed by atoms with van der Waals surface area (Å²) in [7, 11) is 0. The Balaban J connectivity index is 1.74. The standard InChI is InChI=1S/C20H15N5O3/c1-13-7-9-14(10-8-13)28-20-18(25(26)27)19(22-12-23-20)24-17-6-2-5-16-15(17)4-3-11-21-16/h2-12H,1H3,(H,22,23,24). The van der Waals surface area contributed by atoms with Gasteiger partial charge in [0.2, 0.25) is 5.82 Å². The van der Waals surface area contributed by atoms with Gasteiger partial charge in [0.1, 0.15) is 12.1 Å². The highest BCUT2D eigenvalue weighted by Gasteiger charge is 2.25. The summed E-state index contributed by atoms with van der Waals surface area (Å²) in [6.45, 7) is 1.94. The minimum absolute atomic E-state index is 0.0402. The summed E-state index contributed by atoms with van der Waals surface area (Å²) < 4.78 is 5.65. The predicted molar refractivity (Wildman–Crippen MR) is 105 cm³/mol. The maximum atomic E-state index is 11.7. The van der Waals surface area contributed by atoms with Crippen LogP contribution in [0.5, 0.6) is 11.6 Å². The second-order valence-corrected chi connectivity index (χ2v) is 6.05. The number of fused-ring (bicyclic) bond motifs is 1. The highest BCUT2D eigenvalue weighted by atomic mass is 16.6. The molecule has 0 unspecified atom stereocenters. The Bertz CT molecular complexity index is 1160.